The highest BCUT2D eigenvalue weighted by atomic mass is 32.1. The van der Waals surface area contributed by atoms with Crippen molar-refractivity contribution < 1.29 is 0 Å². The summed E-state index contributed by atoms with van der Waals surface area (Å²) >= 11 is 1.56. The van der Waals surface area contributed by atoms with E-state index in [9.17, 15) is 10.1 Å². The third-order valence-corrected chi connectivity index (χ3v) is 6.02. The summed E-state index contributed by atoms with van der Waals surface area (Å²) in [6.07, 6.45) is 4.61. The van der Waals surface area contributed by atoms with E-state index < -0.39 is 0 Å². The van der Waals surface area contributed by atoms with Crippen LogP contribution < -0.4 is 5.56 Å². The molecular formula is C21H16N4OS. The Morgan fingerprint density at radius 3 is 3.04 bits per heavy atom. The molecule has 2 aromatic heterocycles. The van der Waals surface area contributed by atoms with Crippen LogP contribution in [0.2, 0.25) is 0 Å². The lowest BCUT2D eigenvalue weighted by atomic mass is 9.89. The Hall–Kier alpha value is -3.22. The van der Waals surface area contributed by atoms with Crippen molar-refractivity contribution in [1.82, 2.24) is 9.97 Å². The molecule has 1 unspecified atom stereocenters. The van der Waals surface area contributed by atoms with Gasteiger partial charge >= 0.3 is 0 Å². The van der Waals surface area contributed by atoms with E-state index in [1.165, 1.54) is 4.88 Å². The Bertz CT molecular complexity index is 1220. The molecule has 1 aliphatic rings. The van der Waals surface area contributed by atoms with Crippen molar-refractivity contribution in [3.8, 4) is 12.1 Å². The SMILES string of the molecule is CC1CCc2c(sc3nc(/C(C#N)=C/c4cccc(C#N)c4)[nH]c(=O)c23)C1. The maximum atomic E-state index is 12.7. The lowest BCUT2D eigenvalue weighted by Crippen LogP contribution is -2.14. The fourth-order valence-corrected chi connectivity index (χ4v) is 4.88. The minimum Gasteiger partial charge on any atom is -0.305 e. The molecule has 6 heteroatoms. The first-order valence-corrected chi connectivity index (χ1v) is 9.57. The number of aromatic nitrogens is 2. The van der Waals surface area contributed by atoms with Crippen LogP contribution in [-0.2, 0) is 12.8 Å². The third-order valence-electron chi connectivity index (χ3n) is 4.87. The van der Waals surface area contributed by atoms with Gasteiger partial charge < -0.3 is 4.98 Å². The van der Waals surface area contributed by atoms with Crippen LogP contribution in [0.1, 0.15) is 40.7 Å². The Morgan fingerprint density at radius 1 is 1.41 bits per heavy atom. The Morgan fingerprint density at radius 2 is 2.26 bits per heavy atom. The molecule has 132 valence electrons. The van der Waals surface area contributed by atoms with E-state index in [2.05, 4.69) is 29.0 Å². The first-order valence-electron chi connectivity index (χ1n) is 8.76. The zero-order valence-electron chi connectivity index (χ0n) is 14.7. The summed E-state index contributed by atoms with van der Waals surface area (Å²) in [6.45, 7) is 2.22. The fourth-order valence-electron chi connectivity index (χ4n) is 3.49. The predicted octanol–water partition coefficient (Wildman–Crippen LogP) is 4.05. The molecule has 0 spiro atoms. The van der Waals surface area contributed by atoms with Crippen molar-refractivity contribution in [1.29, 1.82) is 10.5 Å². The van der Waals surface area contributed by atoms with E-state index in [0.29, 0.717) is 27.3 Å². The van der Waals surface area contributed by atoms with Gasteiger partial charge in [-0.1, -0.05) is 19.1 Å². The molecule has 2 heterocycles. The molecule has 1 aliphatic carbocycles. The van der Waals surface area contributed by atoms with Crippen molar-refractivity contribution in [2.75, 3.05) is 0 Å². The maximum Gasteiger partial charge on any atom is 0.260 e. The average molecular weight is 372 g/mol. The van der Waals surface area contributed by atoms with Crippen LogP contribution in [0.3, 0.4) is 0 Å². The van der Waals surface area contributed by atoms with Gasteiger partial charge in [-0.15, -0.1) is 11.3 Å². The highest BCUT2D eigenvalue weighted by molar-refractivity contribution is 7.18. The number of aromatic amines is 1. The highest BCUT2D eigenvalue weighted by Gasteiger charge is 2.23. The molecule has 0 radical (unpaired) electrons. The van der Waals surface area contributed by atoms with Crippen LogP contribution >= 0.6 is 11.3 Å². The zero-order valence-corrected chi connectivity index (χ0v) is 15.6. The van der Waals surface area contributed by atoms with Crippen LogP contribution in [-0.4, -0.2) is 9.97 Å². The summed E-state index contributed by atoms with van der Waals surface area (Å²) in [5, 5.41) is 19.3. The van der Waals surface area contributed by atoms with Gasteiger partial charge in [-0.05, 0) is 54.5 Å². The Balaban J connectivity index is 1.83. The molecule has 0 amide bonds. The quantitative estimate of drug-likeness (QED) is 0.687. The first kappa shape index (κ1) is 17.2. The molecule has 0 saturated heterocycles. The summed E-state index contributed by atoms with van der Waals surface area (Å²) in [5.41, 5.74) is 2.43. The van der Waals surface area contributed by atoms with Crippen LogP contribution in [0.15, 0.2) is 29.1 Å². The third kappa shape index (κ3) is 3.16. The molecular weight excluding hydrogens is 356 g/mol. The van der Waals surface area contributed by atoms with Crippen LogP contribution in [0, 0.1) is 28.6 Å². The van der Waals surface area contributed by atoms with Crippen LogP contribution in [0.4, 0.5) is 0 Å². The lowest BCUT2D eigenvalue weighted by Gasteiger charge is -2.17. The monoisotopic (exact) mass is 372 g/mol. The second-order valence-electron chi connectivity index (χ2n) is 6.85. The normalized spacial score (nSPS) is 16.6. The van der Waals surface area contributed by atoms with Gasteiger partial charge in [-0.2, -0.15) is 10.5 Å². The maximum absolute atomic E-state index is 12.7. The smallest absolute Gasteiger partial charge is 0.260 e. The van der Waals surface area contributed by atoms with E-state index in [4.69, 9.17) is 5.26 Å². The number of fused-ring (bicyclic) bond motifs is 3. The molecule has 0 bridgehead atoms. The topological polar surface area (TPSA) is 93.3 Å². The number of aryl methyl sites for hydroxylation is 1. The summed E-state index contributed by atoms with van der Waals surface area (Å²) in [7, 11) is 0. The number of rotatable bonds is 2. The number of benzene rings is 1. The summed E-state index contributed by atoms with van der Waals surface area (Å²) in [6, 6.07) is 11.2. The van der Waals surface area contributed by atoms with Gasteiger partial charge in [-0.3, -0.25) is 4.79 Å². The average Bonchev–Trinajstić information content (AvgIpc) is 3.03. The van der Waals surface area contributed by atoms with Crippen LogP contribution in [0.25, 0.3) is 21.9 Å². The van der Waals surface area contributed by atoms with E-state index in [0.717, 1.165) is 24.8 Å². The second-order valence-corrected chi connectivity index (χ2v) is 7.94. The molecule has 4 rings (SSSR count). The summed E-state index contributed by atoms with van der Waals surface area (Å²) < 4.78 is 0. The molecule has 1 atom stereocenters. The minimum absolute atomic E-state index is 0.186. The molecule has 27 heavy (non-hydrogen) atoms. The van der Waals surface area contributed by atoms with Gasteiger partial charge in [0.05, 0.1) is 22.6 Å². The van der Waals surface area contributed by atoms with Crippen molar-refractivity contribution in [3.05, 3.63) is 62.0 Å². The Kier molecular flexibility index (Phi) is 4.35. The number of nitriles is 2. The lowest BCUT2D eigenvalue weighted by molar-refractivity contribution is 0.509. The minimum atomic E-state index is -0.186. The summed E-state index contributed by atoms with van der Waals surface area (Å²) in [4.78, 5) is 22.0. The van der Waals surface area contributed by atoms with E-state index in [-0.39, 0.29) is 17.0 Å². The van der Waals surface area contributed by atoms with E-state index in [1.807, 2.05) is 0 Å². The molecule has 0 aliphatic heterocycles. The second kappa shape index (κ2) is 6.83. The van der Waals surface area contributed by atoms with Crippen molar-refractivity contribution in [2.45, 2.75) is 26.2 Å². The highest BCUT2D eigenvalue weighted by Crippen LogP contribution is 2.35. The van der Waals surface area contributed by atoms with Gasteiger partial charge in [0.2, 0.25) is 0 Å². The van der Waals surface area contributed by atoms with E-state index in [1.54, 1.807) is 41.7 Å². The number of hydrogen-bond donors (Lipinski definition) is 1. The van der Waals surface area contributed by atoms with Crippen molar-refractivity contribution in [2.24, 2.45) is 5.92 Å². The van der Waals surface area contributed by atoms with Gasteiger partial charge in [0.15, 0.2) is 5.82 Å². The largest absolute Gasteiger partial charge is 0.305 e. The van der Waals surface area contributed by atoms with Gasteiger partial charge in [0.25, 0.3) is 5.56 Å². The van der Waals surface area contributed by atoms with Crippen LogP contribution in [0.5, 0.6) is 0 Å². The Labute approximate surface area is 160 Å². The number of nitrogens with one attached hydrogen (secondary N) is 1. The number of allylic oxidation sites excluding steroid dienone is 1. The first-order chi connectivity index (χ1) is 13.1. The number of thiophene rings is 1. The number of H-pyrrole nitrogens is 1. The van der Waals surface area contributed by atoms with Gasteiger partial charge in [0, 0.05) is 4.88 Å². The standard InChI is InChI=1S/C21H16N4OS/c1-12-5-6-16-17(7-12)27-21-18(16)20(26)24-19(25-21)15(11-23)9-13-3-2-4-14(8-13)10-22/h2-4,8-9,12H,5-7H2,1H3,(H,24,25,26)/b15-9+. The molecule has 0 saturated carbocycles. The van der Waals surface area contributed by atoms with Crippen molar-refractivity contribution >= 4 is 33.2 Å². The number of nitrogens with zero attached hydrogens (tertiary/aromatic N) is 3. The summed E-state index contributed by atoms with van der Waals surface area (Å²) in [5.74, 6) is 0.884. The molecule has 1 aromatic carbocycles. The zero-order chi connectivity index (χ0) is 19.0. The molecule has 3 aromatic rings. The van der Waals surface area contributed by atoms with Crippen molar-refractivity contribution in [3.63, 3.8) is 0 Å². The molecule has 0 fully saturated rings. The van der Waals surface area contributed by atoms with Gasteiger partial charge in [0.1, 0.15) is 10.9 Å². The number of hydrogen-bond acceptors (Lipinski definition) is 5. The fraction of sp³-hybridized carbons (Fsp3) is 0.238. The predicted molar refractivity (Wildman–Crippen MR) is 106 cm³/mol. The van der Waals surface area contributed by atoms with E-state index >= 15 is 0 Å². The molecule has 5 nitrogen and oxygen atoms in total. The molecule has 1 N–H and O–H groups in total. The van der Waals surface area contributed by atoms with Gasteiger partial charge in [-0.25, -0.2) is 4.98 Å².